The summed E-state index contributed by atoms with van der Waals surface area (Å²) in [5.74, 6) is 1.51. The number of hydrogen-bond acceptors (Lipinski definition) is 6. The number of ether oxygens (including phenoxy) is 1. The lowest BCUT2D eigenvalue weighted by atomic mass is 10.1. The average Bonchev–Trinajstić information content (AvgIpc) is 3.24. The van der Waals surface area contributed by atoms with Gasteiger partial charge in [-0.25, -0.2) is 0 Å². The minimum Gasteiger partial charge on any atom is -0.489 e. The van der Waals surface area contributed by atoms with Crippen molar-refractivity contribution in [2.45, 2.75) is 6.61 Å². The Labute approximate surface area is 174 Å². The molecule has 0 spiro atoms. The van der Waals surface area contributed by atoms with Crippen LogP contribution >= 0.6 is 15.9 Å². The molecule has 8 heteroatoms. The largest absolute Gasteiger partial charge is 0.489 e. The fourth-order valence-electron chi connectivity index (χ4n) is 2.68. The number of non-ortho nitro benzene ring substituents is 1. The van der Waals surface area contributed by atoms with Crippen molar-refractivity contribution >= 4 is 21.6 Å². The molecule has 1 aromatic heterocycles. The van der Waals surface area contributed by atoms with Crippen LogP contribution in [0.25, 0.3) is 22.8 Å². The summed E-state index contributed by atoms with van der Waals surface area (Å²) in [7, 11) is 0. The maximum atomic E-state index is 10.8. The van der Waals surface area contributed by atoms with Crippen molar-refractivity contribution in [2.24, 2.45) is 0 Å². The second-order valence-electron chi connectivity index (χ2n) is 6.17. The Balaban J connectivity index is 1.49. The second-order valence-corrected chi connectivity index (χ2v) is 7.09. The summed E-state index contributed by atoms with van der Waals surface area (Å²) >= 11 is 3.40. The molecule has 3 aromatic carbocycles. The van der Waals surface area contributed by atoms with Crippen molar-refractivity contribution in [1.82, 2.24) is 10.1 Å². The minimum absolute atomic E-state index is 0.0101. The van der Waals surface area contributed by atoms with Crippen molar-refractivity contribution in [3.8, 4) is 28.6 Å². The van der Waals surface area contributed by atoms with Crippen LogP contribution in [0.5, 0.6) is 5.75 Å². The summed E-state index contributed by atoms with van der Waals surface area (Å²) in [6.45, 7) is 0.402. The molecule has 0 amide bonds. The van der Waals surface area contributed by atoms with Crippen molar-refractivity contribution in [3.63, 3.8) is 0 Å². The highest BCUT2D eigenvalue weighted by atomic mass is 79.9. The SMILES string of the molecule is O=[N+]([O-])c1ccc(-c2noc(-c3cccc(COc4ccc(Br)cc4)c3)n2)cc1. The highest BCUT2D eigenvalue weighted by Gasteiger charge is 2.13. The number of halogens is 1. The van der Waals surface area contributed by atoms with E-state index in [9.17, 15) is 10.1 Å². The number of nitro benzene ring substituents is 1. The van der Waals surface area contributed by atoms with Crippen LogP contribution in [0.1, 0.15) is 5.56 Å². The molecule has 0 aliphatic heterocycles. The van der Waals surface area contributed by atoms with Crippen LogP contribution in [0.3, 0.4) is 0 Å². The van der Waals surface area contributed by atoms with Crippen LogP contribution < -0.4 is 4.74 Å². The molecule has 0 saturated heterocycles. The summed E-state index contributed by atoms with van der Waals surface area (Å²) in [5.41, 5.74) is 2.37. The van der Waals surface area contributed by atoms with E-state index in [4.69, 9.17) is 9.26 Å². The van der Waals surface area contributed by atoms with Gasteiger partial charge in [0.15, 0.2) is 0 Å². The van der Waals surface area contributed by atoms with E-state index < -0.39 is 4.92 Å². The van der Waals surface area contributed by atoms with Gasteiger partial charge in [-0.3, -0.25) is 10.1 Å². The van der Waals surface area contributed by atoms with Crippen LogP contribution in [0, 0.1) is 10.1 Å². The lowest BCUT2D eigenvalue weighted by molar-refractivity contribution is -0.384. The van der Waals surface area contributed by atoms with Gasteiger partial charge in [0.25, 0.3) is 11.6 Å². The van der Waals surface area contributed by atoms with E-state index in [1.165, 1.54) is 12.1 Å². The summed E-state index contributed by atoms with van der Waals surface area (Å²) in [5, 5.41) is 14.7. The molecule has 0 bridgehead atoms. The van der Waals surface area contributed by atoms with E-state index in [0.29, 0.717) is 23.9 Å². The van der Waals surface area contributed by atoms with Crippen LogP contribution in [-0.2, 0) is 6.61 Å². The van der Waals surface area contributed by atoms with E-state index in [-0.39, 0.29) is 5.69 Å². The lowest BCUT2D eigenvalue weighted by Crippen LogP contribution is -1.95. The smallest absolute Gasteiger partial charge is 0.269 e. The van der Waals surface area contributed by atoms with Gasteiger partial charge in [-0.1, -0.05) is 33.2 Å². The Morgan fingerprint density at radius 1 is 1.00 bits per heavy atom. The molecule has 7 nitrogen and oxygen atoms in total. The van der Waals surface area contributed by atoms with Crippen molar-refractivity contribution < 1.29 is 14.2 Å². The lowest BCUT2D eigenvalue weighted by Gasteiger charge is -2.07. The van der Waals surface area contributed by atoms with E-state index in [1.54, 1.807) is 12.1 Å². The molecule has 0 unspecified atom stereocenters. The van der Waals surface area contributed by atoms with Gasteiger partial charge < -0.3 is 9.26 Å². The first kappa shape index (κ1) is 18.8. The number of aromatic nitrogens is 2. The predicted octanol–water partition coefficient (Wildman–Crippen LogP) is 5.65. The van der Waals surface area contributed by atoms with Crippen LogP contribution in [0.15, 0.2) is 81.8 Å². The van der Waals surface area contributed by atoms with Gasteiger partial charge in [0.05, 0.1) is 4.92 Å². The molecule has 1 heterocycles. The predicted molar refractivity (Wildman–Crippen MR) is 110 cm³/mol. The van der Waals surface area contributed by atoms with Crippen LogP contribution in [0.2, 0.25) is 0 Å². The third-order valence-corrected chi connectivity index (χ3v) is 4.68. The summed E-state index contributed by atoms with van der Waals surface area (Å²) in [6, 6.07) is 21.3. The number of hydrogen-bond donors (Lipinski definition) is 0. The van der Waals surface area contributed by atoms with Crippen molar-refractivity contribution in [3.05, 3.63) is 92.9 Å². The fourth-order valence-corrected chi connectivity index (χ4v) is 2.95. The maximum absolute atomic E-state index is 10.8. The Hall–Kier alpha value is -3.52. The Bertz CT molecular complexity index is 1140. The first-order chi connectivity index (χ1) is 14.1. The van der Waals surface area contributed by atoms with Gasteiger partial charge in [-0.2, -0.15) is 4.98 Å². The molecular formula is C21H14BrN3O4. The Morgan fingerprint density at radius 3 is 2.48 bits per heavy atom. The summed E-state index contributed by atoms with van der Waals surface area (Å²) in [4.78, 5) is 14.7. The van der Waals surface area contributed by atoms with E-state index in [2.05, 4.69) is 26.1 Å². The molecule has 0 aliphatic rings. The van der Waals surface area contributed by atoms with Crippen molar-refractivity contribution in [1.29, 1.82) is 0 Å². The first-order valence-corrected chi connectivity index (χ1v) is 9.44. The highest BCUT2D eigenvalue weighted by Crippen LogP contribution is 2.25. The third-order valence-electron chi connectivity index (χ3n) is 4.16. The molecule has 0 radical (unpaired) electrons. The molecule has 4 aromatic rings. The quantitative estimate of drug-likeness (QED) is 0.277. The van der Waals surface area contributed by atoms with Gasteiger partial charge >= 0.3 is 0 Å². The molecule has 144 valence electrons. The summed E-state index contributed by atoms with van der Waals surface area (Å²) in [6.07, 6.45) is 0. The van der Waals surface area contributed by atoms with Crippen LogP contribution in [0.4, 0.5) is 5.69 Å². The Morgan fingerprint density at radius 2 is 1.76 bits per heavy atom. The average molecular weight is 452 g/mol. The highest BCUT2D eigenvalue weighted by molar-refractivity contribution is 9.10. The third kappa shape index (κ3) is 4.49. The van der Waals surface area contributed by atoms with E-state index in [0.717, 1.165) is 21.3 Å². The van der Waals surface area contributed by atoms with Gasteiger partial charge in [-0.15, -0.1) is 0 Å². The molecule has 0 fully saturated rings. The number of nitrogens with zero attached hydrogens (tertiary/aromatic N) is 3. The van der Waals surface area contributed by atoms with Gasteiger partial charge in [0.1, 0.15) is 12.4 Å². The topological polar surface area (TPSA) is 91.3 Å². The molecule has 0 N–H and O–H groups in total. The van der Waals surface area contributed by atoms with Gasteiger partial charge in [0.2, 0.25) is 5.82 Å². The molecule has 0 atom stereocenters. The first-order valence-electron chi connectivity index (χ1n) is 8.65. The molecular weight excluding hydrogens is 438 g/mol. The zero-order valence-electron chi connectivity index (χ0n) is 15.0. The molecule has 0 saturated carbocycles. The zero-order valence-corrected chi connectivity index (χ0v) is 16.6. The minimum atomic E-state index is -0.451. The van der Waals surface area contributed by atoms with Crippen LogP contribution in [-0.4, -0.2) is 15.1 Å². The number of rotatable bonds is 6. The van der Waals surface area contributed by atoms with Crippen molar-refractivity contribution in [2.75, 3.05) is 0 Å². The van der Waals surface area contributed by atoms with E-state index >= 15 is 0 Å². The monoisotopic (exact) mass is 451 g/mol. The standard InChI is InChI=1S/C21H14BrN3O4/c22-17-6-10-19(11-7-17)28-13-14-2-1-3-16(12-14)21-23-20(24-29-21)15-4-8-18(9-5-15)25(26)27/h1-12H,13H2. The summed E-state index contributed by atoms with van der Waals surface area (Å²) < 4.78 is 12.2. The molecule has 0 aliphatic carbocycles. The number of nitro groups is 1. The Kier molecular flexibility index (Phi) is 5.35. The zero-order chi connectivity index (χ0) is 20.2. The number of benzene rings is 3. The van der Waals surface area contributed by atoms with Gasteiger partial charge in [0, 0.05) is 27.7 Å². The maximum Gasteiger partial charge on any atom is 0.269 e. The van der Waals surface area contributed by atoms with E-state index in [1.807, 2.05) is 48.5 Å². The molecule has 4 rings (SSSR count). The normalized spacial score (nSPS) is 10.7. The van der Waals surface area contributed by atoms with Gasteiger partial charge in [-0.05, 0) is 54.1 Å². The second kappa shape index (κ2) is 8.24. The molecule has 29 heavy (non-hydrogen) atoms. The fraction of sp³-hybridized carbons (Fsp3) is 0.0476.